The van der Waals surface area contributed by atoms with Crippen LogP contribution < -0.4 is 5.73 Å². The van der Waals surface area contributed by atoms with E-state index in [0.29, 0.717) is 16.9 Å². The second kappa shape index (κ2) is 4.82. The highest BCUT2D eigenvalue weighted by molar-refractivity contribution is 7.07. The Kier molecular flexibility index (Phi) is 3.51. The molecule has 5 atom stereocenters. The first-order chi connectivity index (χ1) is 9.36. The molecule has 2 N–H and O–H groups in total. The molecule has 1 aromatic heterocycles. The van der Waals surface area contributed by atoms with Gasteiger partial charge in [-0.15, -0.1) is 0 Å². The third kappa shape index (κ3) is 1.98. The van der Waals surface area contributed by atoms with E-state index < -0.39 is 0 Å². The van der Waals surface area contributed by atoms with Crippen LogP contribution in [0.3, 0.4) is 0 Å². The molecule has 2 nitrogen and oxygen atoms in total. The Hall–Kier alpha value is -0.380. The van der Waals surface area contributed by atoms with Crippen LogP contribution in [0.15, 0.2) is 16.8 Å². The van der Waals surface area contributed by atoms with Crippen molar-refractivity contribution in [3.05, 3.63) is 22.4 Å². The lowest BCUT2D eigenvalue weighted by atomic mass is 9.70. The Bertz CT molecular complexity index is 467. The standard InChI is InChI=1S/C17H27NOS/c1-11(18)15(12-6-8-20-10-12)19-14-9-13-5-7-17(14,4)16(13,2)3/h6,8,10-11,13-15H,5,7,9,18H2,1-4H3. The van der Waals surface area contributed by atoms with Gasteiger partial charge in [-0.1, -0.05) is 20.8 Å². The van der Waals surface area contributed by atoms with Gasteiger partial charge in [0, 0.05) is 6.04 Å². The average molecular weight is 293 g/mol. The van der Waals surface area contributed by atoms with Gasteiger partial charge < -0.3 is 10.5 Å². The van der Waals surface area contributed by atoms with Gasteiger partial charge in [-0.2, -0.15) is 11.3 Å². The normalized spacial score (nSPS) is 38.0. The fourth-order valence-electron chi connectivity index (χ4n) is 4.46. The molecule has 0 amide bonds. The van der Waals surface area contributed by atoms with E-state index in [1.165, 1.54) is 24.8 Å². The van der Waals surface area contributed by atoms with E-state index in [2.05, 4.69) is 44.5 Å². The molecule has 5 unspecified atom stereocenters. The van der Waals surface area contributed by atoms with Crippen LogP contribution in [0.1, 0.15) is 58.6 Å². The first-order valence-corrected chi connectivity index (χ1v) is 8.73. The third-order valence-corrected chi connectivity index (χ3v) is 7.08. The molecular weight excluding hydrogens is 266 g/mol. The number of hydrogen-bond donors (Lipinski definition) is 1. The SMILES string of the molecule is CC(N)C(OC1CC2CCC1(C)C2(C)C)c1ccsc1. The largest absolute Gasteiger partial charge is 0.368 e. The highest BCUT2D eigenvalue weighted by Crippen LogP contribution is 2.66. The first kappa shape index (κ1) is 14.6. The molecule has 20 heavy (non-hydrogen) atoms. The van der Waals surface area contributed by atoms with E-state index in [4.69, 9.17) is 10.5 Å². The summed E-state index contributed by atoms with van der Waals surface area (Å²) in [5, 5.41) is 4.29. The van der Waals surface area contributed by atoms with Crippen molar-refractivity contribution in [3.63, 3.8) is 0 Å². The predicted molar refractivity (Wildman–Crippen MR) is 84.8 cm³/mol. The van der Waals surface area contributed by atoms with Gasteiger partial charge in [0.25, 0.3) is 0 Å². The molecule has 112 valence electrons. The van der Waals surface area contributed by atoms with Gasteiger partial charge in [-0.05, 0) is 65.3 Å². The van der Waals surface area contributed by atoms with Crippen molar-refractivity contribution in [3.8, 4) is 0 Å². The Morgan fingerprint density at radius 2 is 2.15 bits per heavy atom. The Morgan fingerprint density at radius 3 is 2.60 bits per heavy atom. The lowest BCUT2D eigenvalue weighted by Crippen LogP contribution is -2.40. The van der Waals surface area contributed by atoms with Crippen LogP contribution in [-0.4, -0.2) is 12.1 Å². The Morgan fingerprint density at radius 1 is 1.40 bits per heavy atom. The van der Waals surface area contributed by atoms with Crippen LogP contribution in [0, 0.1) is 16.7 Å². The van der Waals surface area contributed by atoms with E-state index in [-0.39, 0.29) is 12.1 Å². The number of ether oxygens (including phenoxy) is 1. The lowest BCUT2D eigenvalue weighted by molar-refractivity contribution is -0.0941. The third-order valence-electron chi connectivity index (χ3n) is 6.37. The van der Waals surface area contributed by atoms with Crippen molar-refractivity contribution in [1.29, 1.82) is 0 Å². The van der Waals surface area contributed by atoms with E-state index in [9.17, 15) is 0 Å². The molecule has 0 radical (unpaired) electrons. The monoisotopic (exact) mass is 293 g/mol. The lowest BCUT2D eigenvalue weighted by Gasteiger charge is -2.40. The quantitative estimate of drug-likeness (QED) is 0.894. The van der Waals surface area contributed by atoms with E-state index in [1.807, 2.05) is 0 Å². The van der Waals surface area contributed by atoms with Crippen LogP contribution in [0.25, 0.3) is 0 Å². The molecule has 2 fully saturated rings. The summed E-state index contributed by atoms with van der Waals surface area (Å²) < 4.78 is 6.57. The maximum atomic E-state index is 6.57. The van der Waals surface area contributed by atoms with Crippen molar-refractivity contribution in [1.82, 2.24) is 0 Å². The summed E-state index contributed by atoms with van der Waals surface area (Å²) in [6.45, 7) is 9.35. The molecule has 0 spiro atoms. The number of rotatable bonds is 4. The van der Waals surface area contributed by atoms with Crippen LogP contribution in [0.2, 0.25) is 0 Å². The zero-order chi connectivity index (χ0) is 14.5. The maximum Gasteiger partial charge on any atom is 0.0985 e. The molecule has 1 aromatic rings. The molecule has 2 saturated carbocycles. The summed E-state index contributed by atoms with van der Waals surface area (Å²) in [5.74, 6) is 0.814. The van der Waals surface area contributed by atoms with Crippen molar-refractivity contribution in [2.45, 2.75) is 65.2 Å². The smallest absolute Gasteiger partial charge is 0.0985 e. The summed E-state index contributed by atoms with van der Waals surface area (Å²) in [7, 11) is 0. The zero-order valence-electron chi connectivity index (χ0n) is 13.1. The fourth-order valence-corrected chi connectivity index (χ4v) is 5.14. The van der Waals surface area contributed by atoms with E-state index in [1.54, 1.807) is 11.3 Å². The highest BCUT2D eigenvalue weighted by atomic mass is 32.1. The molecule has 3 heteroatoms. The zero-order valence-corrected chi connectivity index (χ0v) is 13.9. The second-order valence-electron chi connectivity index (χ2n) is 7.57. The van der Waals surface area contributed by atoms with Crippen LogP contribution in [-0.2, 0) is 4.74 Å². The fraction of sp³-hybridized carbons (Fsp3) is 0.765. The van der Waals surface area contributed by atoms with Gasteiger partial charge in [0.05, 0.1) is 12.2 Å². The molecule has 0 aromatic carbocycles. The summed E-state index contributed by atoms with van der Waals surface area (Å²) in [6, 6.07) is 2.19. The topological polar surface area (TPSA) is 35.2 Å². The molecule has 3 rings (SSSR count). The molecule has 0 saturated heterocycles. The van der Waals surface area contributed by atoms with Gasteiger partial charge in [0.15, 0.2) is 0 Å². The van der Waals surface area contributed by atoms with Crippen molar-refractivity contribution in [2.75, 3.05) is 0 Å². The molecule has 2 aliphatic rings. The molecular formula is C17H27NOS. The van der Waals surface area contributed by atoms with Gasteiger partial charge in [0.2, 0.25) is 0 Å². The predicted octanol–water partition coefficient (Wildman–Crippen LogP) is 4.37. The number of hydrogen-bond acceptors (Lipinski definition) is 3. The number of fused-ring (bicyclic) bond motifs is 2. The highest BCUT2D eigenvalue weighted by Gasteiger charge is 2.62. The van der Waals surface area contributed by atoms with Gasteiger partial charge in [0.1, 0.15) is 0 Å². The number of nitrogens with two attached hydrogens (primary N) is 1. The Labute approximate surface area is 126 Å². The van der Waals surface area contributed by atoms with Gasteiger partial charge in [-0.3, -0.25) is 0 Å². The van der Waals surface area contributed by atoms with Crippen LogP contribution in [0.5, 0.6) is 0 Å². The minimum absolute atomic E-state index is 0.0374. The van der Waals surface area contributed by atoms with E-state index in [0.717, 1.165) is 5.92 Å². The summed E-state index contributed by atoms with van der Waals surface area (Å²) in [4.78, 5) is 0. The number of thiophene rings is 1. The first-order valence-electron chi connectivity index (χ1n) is 7.79. The Balaban J connectivity index is 1.81. The van der Waals surface area contributed by atoms with Crippen molar-refractivity contribution < 1.29 is 4.74 Å². The second-order valence-corrected chi connectivity index (χ2v) is 8.35. The van der Waals surface area contributed by atoms with E-state index >= 15 is 0 Å². The van der Waals surface area contributed by atoms with Gasteiger partial charge >= 0.3 is 0 Å². The average Bonchev–Trinajstić information content (AvgIpc) is 3.00. The molecule has 2 bridgehead atoms. The summed E-state index contributed by atoms with van der Waals surface area (Å²) in [6.07, 6.45) is 4.26. The summed E-state index contributed by atoms with van der Waals surface area (Å²) >= 11 is 1.72. The molecule has 0 aliphatic heterocycles. The van der Waals surface area contributed by atoms with Crippen molar-refractivity contribution >= 4 is 11.3 Å². The molecule has 1 heterocycles. The van der Waals surface area contributed by atoms with Gasteiger partial charge in [-0.25, -0.2) is 0 Å². The summed E-state index contributed by atoms with van der Waals surface area (Å²) in [5.41, 5.74) is 8.14. The molecule has 2 aliphatic carbocycles. The maximum absolute atomic E-state index is 6.57. The van der Waals surface area contributed by atoms with Crippen LogP contribution in [0.4, 0.5) is 0 Å². The van der Waals surface area contributed by atoms with Crippen LogP contribution >= 0.6 is 11.3 Å². The minimum atomic E-state index is 0.0374. The minimum Gasteiger partial charge on any atom is -0.368 e. The van der Waals surface area contributed by atoms with Crippen molar-refractivity contribution in [2.24, 2.45) is 22.5 Å².